The summed E-state index contributed by atoms with van der Waals surface area (Å²) in [5.74, 6) is 0.568. The smallest absolute Gasteiger partial charge is 0.259 e. The summed E-state index contributed by atoms with van der Waals surface area (Å²) in [5, 5.41) is 12.5. The Balaban J connectivity index is 1.32. The largest absolute Gasteiger partial charge is 0.330 e. The first-order valence-electron chi connectivity index (χ1n) is 9.27. The van der Waals surface area contributed by atoms with Crippen molar-refractivity contribution in [2.45, 2.75) is 23.9 Å². The van der Waals surface area contributed by atoms with Gasteiger partial charge >= 0.3 is 0 Å². The minimum atomic E-state index is -0.0533. The van der Waals surface area contributed by atoms with Crippen LogP contribution in [0, 0.1) is 13.8 Å². The lowest BCUT2D eigenvalue weighted by Crippen LogP contribution is -2.13. The van der Waals surface area contributed by atoms with Crippen LogP contribution in [-0.2, 0) is 5.75 Å². The number of hydrogen-bond acceptors (Lipinski definition) is 8. The summed E-state index contributed by atoms with van der Waals surface area (Å²) in [6, 6.07) is 15.7. The Morgan fingerprint density at radius 1 is 1.03 bits per heavy atom. The number of fused-ring (bicyclic) bond motifs is 3. The van der Waals surface area contributed by atoms with Crippen molar-refractivity contribution in [3.05, 3.63) is 75.7 Å². The van der Waals surface area contributed by atoms with Crippen LogP contribution in [0.25, 0.3) is 15.2 Å². The van der Waals surface area contributed by atoms with Gasteiger partial charge in [0, 0.05) is 17.5 Å². The molecule has 0 unspecified atom stereocenters. The molecule has 0 amide bonds. The van der Waals surface area contributed by atoms with Gasteiger partial charge in [0.25, 0.3) is 5.56 Å². The van der Waals surface area contributed by atoms with Gasteiger partial charge in [0.2, 0.25) is 5.13 Å². The van der Waals surface area contributed by atoms with E-state index < -0.39 is 0 Å². The van der Waals surface area contributed by atoms with Crippen LogP contribution < -0.4 is 10.9 Å². The molecule has 1 N–H and O–H groups in total. The Bertz CT molecular complexity index is 1440. The Labute approximate surface area is 184 Å². The second-order valence-electron chi connectivity index (χ2n) is 6.86. The number of benzene rings is 2. The number of thiazole rings is 1. The number of thioether (sulfide) groups is 1. The number of aryl methyl sites for hydroxylation is 2. The quantitative estimate of drug-likeness (QED) is 0.360. The van der Waals surface area contributed by atoms with Gasteiger partial charge in [-0.3, -0.25) is 9.20 Å². The highest BCUT2D eigenvalue weighted by Crippen LogP contribution is 2.30. The third kappa shape index (κ3) is 3.71. The topological polar surface area (TPSA) is 72.2 Å². The van der Waals surface area contributed by atoms with Gasteiger partial charge in [-0.1, -0.05) is 52.6 Å². The van der Waals surface area contributed by atoms with Gasteiger partial charge in [-0.25, -0.2) is 4.98 Å². The standard InChI is InChI=1S/C21H17N5OS3/c1-12-7-8-14(9-13(12)2)22-19-24-25-21(30-19)28-11-15-10-18(27)26-16-5-3-4-6-17(16)29-20(26)23-15/h3-10H,11H2,1-2H3,(H,22,24). The third-order valence-electron chi connectivity index (χ3n) is 4.76. The second kappa shape index (κ2) is 7.82. The molecule has 3 aromatic heterocycles. The average molecular weight is 452 g/mol. The summed E-state index contributed by atoms with van der Waals surface area (Å²) < 4.78 is 3.56. The molecule has 0 bridgehead atoms. The maximum absolute atomic E-state index is 12.6. The van der Waals surface area contributed by atoms with Gasteiger partial charge in [-0.15, -0.1) is 10.2 Å². The van der Waals surface area contributed by atoms with Crippen molar-refractivity contribution >= 4 is 60.4 Å². The van der Waals surface area contributed by atoms with Gasteiger partial charge in [0.15, 0.2) is 9.30 Å². The number of aromatic nitrogens is 4. The van der Waals surface area contributed by atoms with Crippen molar-refractivity contribution < 1.29 is 0 Å². The minimum absolute atomic E-state index is 0.0533. The monoisotopic (exact) mass is 451 g/mol. The predicted molar refractivity (Wildman–Crippen MR) is 126 cm³/mol. The third-order valence-corrected chi connectivity index (χ3v) is 7.78. The van der Waals surface area contributed by atoms with Crippen molar-refractivity contribution in [2.24, 2.45) is 0 Å². The lowest BCUT2D eigenvalue weighted by Gasteiger charge is -2.05. The Morgan fingerprint density at radius 2 is 1.90 bits per heavy atom. The van der Waals surface area contributed by atoms with E-state index in [9.17, 15) is 4.79 Å². The molecule has 5 aromatic rings. The van der Waals surface area contributed by atoms with Gasteiger partial charge in [0.05, 0.1) is 15.9 Å². The number of para-hydroxylation sites is 1. The van der Waals surface area contributed by atoms with Crippen LogP contribution in [0.3, 0.4) is 0 Å². The zero-order valence-corrected chi connectivity index (χ0v) is 18.7. The van der Waals surface area contributed by atoms with Crippen LogP contribution in [0.1, 0.15) is 16.8 Å². The lowest BCUT2D eigenvalue weighted by molar-refractivity contribution is 1.01. The van der Waals surface area contributed by atoms with Gasteiger partial charge in [-0.05, 0) is 49.2 Å². The first-order valence-corrected chi connectivity index (χ1v) is 11.9. The maximum atomic E-state index is 12.6. The van der Waals surface area contributed by atoms with Crippen molar-refractivity contribution in [2.75, 3.05) is 5.32 Å². The SMILES string of the molecule is Cc1ccc(Nc2nnc(SCc3cc(=O)n4c(n3)sc3ccccc34)s2)cc1C. The Hall–Kier alpha value is -2.75. The highest BCUT2D eigenvalue weighted by Gasteiger charge is 2.11. The molecule has 0 atom stereocenters. The summed E-state index contributed by atoms with van der Waals surface area (Å²) in [5.41, 5.74) is 5.08. The van der Waals surface area contributed by atoms with E-state index in [0.717, 1.165) is 31.1 Å². The zero-order valence-electron chi connectivity index (χ0n) is 16.2. The highest BCUT2D eigenvalue weighted by molar-refractivity contribution is 8.00. The molecular formula is C21H17N5OS3. The molecule has 3 heterocycles. The van der Waals surface area contributed by atoms with Crippen molar-refractivity contribution in [1.82, 2.24) is 19.6 Å². The number of nitrogens with one attached hydrogen (secondary N) is 1. The molecule has 0 spiro atoms. The van der Waals surface area contributed by atoms with E-state index in [-0.39, 0.29) is 5.56 Å². The van der Waals surface area contributed by atoms with E-state index in [1.165, 1.54) is 45.6 Å². The first-order chi connectivity index (χ1) is 14.6. The summed E-state index contributed by atoms with van der Waals surface area (Å²) in [7, 11) is 0. The van der Waals surface area contributed by atoms with E-state index in [0.29, 0.717) is 10.7 Å². The molecule has 0 saturated heterocycles. The van der Waals surface area contributed by atoms with Gasteiger partial charge in [-0.2, -0.15) is 0 Å². The molecular weight excluding hydrogens is 434 g/mol. The zero-order chi connectivity index (χ0) is 20.7. The van der Waals surface area contributed by atoms with Crippen LogP contribution in [0.2, 0.25) is 0 Å². The molecule has 9 heteroatoms. The maximum Gasteiger partial charge on any atom is 0.259 e. The average Bonchev–Trinajstić information content (AvgIpc) is 3.33. The molecule has 6 nitrogen and oxygen atoms in total. The Kier molecular flexibility index (Phi) is 5.01. The molecule has 0 aliphatic carbocycles. The van der Waals surface area contributed by atoms with Crippen LogP contribution in [-0.4, -0.2) is 19.6 Å². The number of nitrogens with zero attached hydrogens (tertiary/aromatic N) is 4. The van der Waals surface area contributed by atoms with E-state index in [2.05, 4.69) is 46.5 Å². The lowest BCUT2D eigenvalue weighted by atomic mass is 10.1. The van der Waals surface area contributed by atoms with Gasteiger partial charge < -0.3 is 5.32 Å². The molecule has 0 aliphatic heterocycles. The highest BCUT2D eigenvalue weighted by atomic mass is 32.2. The molecule has 150 valence electrons. The number of rotatable bonds is 5. The second-order valence-corrected chi connectivity index (χ2v) is 10.1. The van der Waals surface area contributed by atoms with E-state index in [4.69, 9.17) is 0 Å². The summed E-state index contributed by atoms with van der Waals surface area (Å²) in [6.07, 6.45) is 0. The van der Waals surface area contributed by atoms with E-state index >= 15 is 0 Å². The first kappa shape index (κ1) is 19.2. The van der Waals surface area contributed by atoms with Crippen LogP contribution in [0.15, 0.2) is 57.7 Å². The molecule has 0 fully saturated rings. The molecule has 2 aromatic carbocycles. The minimum Gasteiger partial charge on any atom is -0.330 e. The molecule has 30 heavy (non-hydrogen) atoms. The number of hydrogen-bond donors (Lipinski definition) is 1. The van der Waals surface area contributed by atoms with Crippen LogP contribution in [0.5, 0.6) is 0 Å². The summed E-state index contributed by atoms with van der Waals surface area (Å²) in [4.78, 5) is 18.0. The van der Waals surface area contributed by atoms with E-state index in [1.807, 2.05) is 30.3 Å². The summed E-state index contributed by atoms with van der Waals surface area (Å²) >= 11 is 4.55. The van der Waals surface area contributed by atoms with Crippen molar-refractivity contribution in [3.8, 4) is 0 Å². The molecule has 0 aliphatic rings. The van der Waals surface area contributed by atoms with Crippen LogP contribution in [0.4, 0.5) is 10.8 Å². The normalized spacial score (nSPS) is 11.4. The fraction of sp³-hybridized carbons (Fsp3) is 0.143. The fourth-order valence-corrected chi connectivity index (χ4v) is 5.81. The molecule has 0 radical (unpaired) electrons. The predicted octanol–water partition coefficient (Wildman–Crippen LogP) is 5.41. The van der Waals surface area contributed by atoms with Crippen molar-refractivity contribution in [1.29, 1.82) is 0 Å². The van der Waals surface area contributed by atoms with Crippen LogP contribution >= 0.6 is 34.4 Å². The Morgan fingerprint density at radius 3 is 2.77 bits per heavy atom. The number of anilines is 2. The van der Waals surface area contributed by atoms with E-state index in [1.54, 1.807) is 10.5 Å². The van der Waals surface area contributed by atoms with Crippen molar-refractivity contribution in [3.63, 3.8) is 0 Å². The molecule has 0 saturated carbocycles. The molecule has 5 rings (SSSR count). The van der Waals surface area contributed by atoms with Gasteiger partial charge in [0.1, 0.15) is 0 Å². The fourth-order valence-electron chi connectivity index (χ4n) is 3.09. The summed E-state index contributed by atoms with van der Waals surface area (Å²) in [6.45, 7) is 4.18.